The summed E-state index contributed by atoms with van der Waals surface area (Å²) in [7, 11) is 0. The molecule has 1 fully saturated rings. The van der Waals surface area contributed by atoms with Gasteiger partial charge in [0.15, 0.2) is 6.61 Å². The number of carbonyl (C=O) groups excluding carboxylic acids is 4. The number of carbonyl (C=O) groups is 4. The van der Waals surface area contributed by atoms with Crippen molar-refractivity contribution in [2.75, 3.05) is 11.5 Å². The first-order chi connectivity index (χ1) is 16.0. The Hall–Kier alpha value is -3.48. The van der Waals surface area contributed by atoms with Gasteiger partial charge in [-0.15, -0.1) is 0 Å². The van der Waals surface area contributed by atoms with Crippen molar-refractivity contribution in [2.24, 2.45) is 0 Å². The number of esters is 1. The first kappa shape index (κ1) is 21.4. The van der Waals surface area contributed by atoms with Gasteiger partial charge in [0.25, 0.3) is 17.7 Å². The maximum absolute atomic E-state index is 13.0. The molecular formula is C26H26N2O5. The van der Waals surface area contributed by atoms with E-state index in [4.69, 9.17) is 4.74 Å². The average molecular weight is 447 g/mol. The molecule has 0 unspecified atom stereocenters. The van der Waals surface area contributed by atoms with Gasteiger partial charge in [-0.1, -0.05) is 37.5 Å². The quantitative estimate of drug-likeness (QED) is 0.528. The molecule has 0 aromatic heterocycles. The van der Waals surface area contributed by atoms with Crippen molar-refractivity contribution in [2.45, 2.75) is 57.5 Å². The van der Waals surface area contributed by atoms with E-state index >= 15 is 0 Å². The van der Waals surface area contributed by atoms with Gasteiger partial charge >= 0.3 is 5.97 Å². The summed E-state index contributed by atoms with van der Waals surface area (Å²) < 4.78 is 5.29. The predicted octanol–water partition coefficient (Wildman–Crippen LogP) is 3.75. The van der Waals surface area contributed by atoms with Gasteiger partial charge in [0, 0.05) is 17.8 Å². The van der Waals surface area contributed by atoms with E-state index in [2.05, 4.69) is 0 Å². The molecule has 7 nitrogen and oxygen atoms in total. The summed E-state index contributed by atoms with van der Waals surface area (Å²) in [5, 5.41) is 0. The summed E-state index contributed by atoms with van der Waals surface area (Å²) in [5.74, 6) is -1.63. The molecule has 0 bridgehead atoms. The van der Waals surface area contributed by atoms with E-state index in [-0.39, 0.29) is 40.9 Å². The van der Waals surface area contributed by atoms with Crippen molar-refractivity contribution in [3.63, 3.8) is 0 Å². The molecule has 3 amide bonds. The summed E-state index contributed by atoms with van der Waals surface area (Å²) in [6, 6.07) is 12.0. The van der Waals surface area contributed by atoms with Crippen LogP contribution in [0.25, 0.3) is 0 Å². The van der Waals surface area contributed by atoms with Gasteiger partial charge in [-0.05, 0) is 56.0 Å². The second-order valence-corrected chi connectivity index (χ2v) is 9.05. The Balaban J connectivity index is 1.27. The van der Waals surface area contributed by atoms with E-state index in [1.165, 1.54) is 23.1 Å². The molecule has 2 aromatic rings. The maximum Gasteiger partial charge on any atom is 0.338 e. The Morgan fingerprint density at radius 1 is 0.970 bits per heavy atom. The third kappa shape index (κ3) is 3.71. The highest BCUT2D eigenvalue weighted by Gasteiger charge is 2.40. The van der Waals surface area contributed by atoms with Crippen LogP contribution in [0.2, 0.25) is 0 Å². The number of hydrogen-bond donors (Lipinski definition) is 0. The molecular weight excluding hydrogens is 420 g/mol. The van der Waals surface area contributed by atoms with E-state index in [9.17, 15) is 19.2 Å². The molecule has 0 radical (unpaired) electrons. The van der Waals surface area contributed by atoms with Crippen molar-refractivity contribution in [1.82, 2.24) is 4.90 Å². The van der Waals surface area contributed by atoms with Crippen LogP contribution in [0.4, 0.5) is 5.69 Å². The van der Waals surface area contributed by atoms with Crippen LogP contribution in [0.5, 0.6) is 0 Å². The third-order valence-electron chi connectivity index (χ3n) is 6.90. The number of imide groups is 1. The Morgan fingerprint density at radius 2 is 1.70 bits per heavy atom. The molecule has 2 heterocycles. The fraction of sp³-hybridized carbons (Fsp3) is 0.385. The fourth-order valence-electron chi connectivity index (χ4n) is 5.28. The number of para-hydroxylation sites is 1. The highest BCUT2D eigenvalue weighted by atomic mass is 16.5. The molecule has 170 valence electrons. The van der Waals surface area contributed by atoms with Gasteiger partial charge in [0.05, 0.1) is 16.7 Å². The number of rotatable bonds is 4. The van der Waals surface area contributed by atoms with Gasteiger partial charge in [0.2, 0.25) is 0 Å². The van der Waals surface area contributed by atoms with Crippen LogP contribution >= 0.6 is 0 Å². The Morgan fingerprint density at radius 3 is 2.48 bits per heavy atom. The molecule has 1 aliphatic carbocycles. The summed E-state index contributed by atoms with van der Waals surface area (Å²) >= 11 is 0. The van der Waals surface area contributed by atoms with Crippen LogP contribution in [0.15, 0.2) is 42.5 Å². The highest BCUT2D eigenvalue weighted by Crippen LogP contribution is 2.33. The Kier molecular flexibility index (Phi) is 5.48. The van der Waals surface area contributed by atoms with Crippen molar-refractivity contribution in [3.05, 3.63) is 64.7 Å². The zero-order valence-corrected chi connectivity index (χ0v) is 18.6. The van der Waals surface area contributed by atoms with Crippen LogP contribution < -0.4 is 4.90 Å². The van der Waals surface area contributed by atoms with E-state index in [0.717, 1.165) is 49.8 Å². The SMILES string of the molecule is C[C@@H]1Cc2ccccc2N1C(=O)COC(=O)c1ccc2c(c1)C(=O)N(C1CCCCC1)C2=O. The van der Waals surface area contributed by atoms with Crippen LogP contribution in [0, 0.1) is 0 Å². The number of hydrogen-bond acceptors (Lipinski definition) is 5. The molecule has 0 spiro atoms. The molecule has 2 aliphatic heterocycles. The lowest BCUT2D eigenvalue weighted by Crippen LogP contribution is -2.40. The van der Waals surface area contributed by atoms with Gasteiger partial charge in [-0.25, -0.2) is 4.79 Å². The first-order valence-corrected chi connectivity index (χ1v) is 11.5. The van der Waals surface area contributed by atoms with Gasteiger partial charge in [0.1, 0.15) is 0 Å². The fourth-order valence-corrected chi connectivity index (χ4v) is 5.28. The van der Waals surface area contributed by atoms with E-state index < -0.39 is 12.6 Å². The molecule has 0 N–H and O–H groups in total. The van der Waals surface area contributed by atoms with Crippen molar-refractivity contribution in [1.29, 1.82) is 0 Å². The molecule has 1 atom stereocenters. The minimum absolute atomic E-state index is 0.0111. The highest BCUT2D eigenvalue weighted by molar-refractivity contribution is 6.22. The van der Waals surface area contributed by atoms with Gasteiger partial charge in [-0.2, -0.15) is 0 Å². The normalized spacial score (nSPS) is 20.1. The molecule has 33 heavy (non-hydrogen) atoms. The molecule has 5 rings (SSSR count). The molecule has 3 aliphatic rings. The number of nitrogens with zero attached hydrogens (tertiary/aromatic N) is 2. The Bertz CT molecular complexity index is 1150. The number of amides is 3. The van der Waals surface area contributed by atoms with E-state index in [1.54, 1.807) is 4.90 Å². The monoisotopic (exact) mass is 446 g/mol. The largest absolute Gasteiger partial charge is 0.452 e. The van der Waals surface area contributed by atoms with Crippen LogP contribution in [-0.4, -0.2) is 47.3 Å². The van der Waals surface area contributed by atoms with Crippen molar-refractivity contribution in [3.8, 4) is 0 Å². The summed E-state index contributed by atoms with van der Waals surface area (Å²) in [6.07, 6.45) is 5.53. The zero-order chi connectivity index (χ0) is 23.1. The summed E-state index contributed by atoms with van der Waals surface area (Å²) in [5.41, 5.74) is 2.64. The number of fused-ring (bicyclic) bond motifs is 2. The summed E-state index contributed by atoms with van der Waals surface area (Å²) in [4.78, 5) is 54.3. The standard InChI is InChI=1S/C26H26N2O5/c1-16-13-17-7-5-6-10-22(17)27(16)23(29)15-33-26(32)18-11-12-20-21(14-18)25(31)28(24(20)30)19-8-3-2-4-9-19/h5-7,10-12,14,16,19H,2-4,8-9,13,15H2,1H3/t16-/m1/s1. The van der Waals surface area contributed by atoms with Crippen molar-refractivity contribution < 1.29 is 23.9 Å². The molecule has 2 aromatic carbocycles. The van der Waals surface area contributed by atoms with Crippen LogP contribution in [0.3, 0.4) is 0 Å². The summed E-state index contributed by atoms with van der Waals surface area (Å²) in [6.45, 7) is 1.57. The van der Waals surface area contributed by atoms with E-state index in [0.29, 0.717) is 5.56 Å². The topological polar surface area (TPSA) is 84.0 Å². The second-order valence-electron chi connectivity index (χ2n) is 9.05. The molecule has 0 saturated heterocycles. The van der Waals surface area contributed by atoms with E-state index in [1.807, 2.05) is 31.2 Å². The number of ether oxygens (including phenoxy) is 1. The van der Waals surface area contributed by atoms with Gasteiger partial charge in [-0.3, -0.25) is 19.3 Å². The maximum atomic E-state index is 13.0. The minimum atomic E-state index is -0.692. The Labute approximate surface area is 192 Å². The lowest BCUT2D eigenvalue weighted by atomic mass is 9.94. The van der Waals surface area contributed by atoms with Crippen molar-refractivity contribution >= 4 is 29.4 Å². The number of anilines is 1. The minimum Gasteiger partial charge on any atom is -0.452 e. The first-order valence-electron chi connectivity index (χ1n) is 11.5. The van der Waals surface area contributed by atoms with Crippen LogP contribution in [-0.2, 0) is 16.0 Å². The third-order valence-corrected chi connectivity index (χ3v) is 6.90. The molecule has 1 saturated carbocycles. The van der Waals surface area contributed by atoms with Gasteiger partial charge < -0.3 is 9.64 Å². The molecule has 7 heteroatoms. The zero-order valence-electron chi connectivity index (χ0n) is 18.6. The average Bonchev–Trinajstić information content (AvgIpc) is 3.30. The number of benzene rings is 2. The lowest BCUT2D eigenvalue weighted by Gasteiger charge is -2.29. The van der Waals surface area contributed by atoms with Crippen LogP contribution in [0.1, 0.15) is 75.7 Å². The predicted molar refractivity (Wildman–Crippen MR) is 121 cm³/mol. The lowest BCUT2D eigenvalue weighted by molar-refractivity contribution is -0.122. The smallest absolute Gasteiger partial charge is 0.338 e. The second kappa shape index (κ2) is 8.46.